The zero-order chi connectivity index (χ0) is 16.7. The van der Waals surface area contributed by atoms with Crippen molar-refractivity contribution in [3.05, 3.63) is 18.2 Å². The van der Waals surface area contributed by atoms with E-state index in [1.165, 1.54) is 0 Å². The molecule has 1 aromatic heterocycles. The number of carbonyl (C=O) groups excluding carboxylic acids is 1. The van der Waals surface area contributed by atoms with Crippen LogP contribution in [0.25, 0.3) is 0 Å². The van der Waals surface area contributed by atoms with Crippen LogP contribution >= 0.6 is 0 Å². The number of aromatic nitrogens is 2. The lowest BCUT2D eigenvalue weighted by Gasteiger charge is -2.39. The second-order valence-electron chi connectivity index (χ2n) is 6.15. The van der Waals surface area contributed by atoms with Crippen molar-refractivity contribution in [2.45, 2.75) is 46.2 Å². The number of imidazole rings is 1. The molecule has 1 aliphatic rings. The zero-order valence-electron chi connectivity index (χ0n) is 14.6. The number of hydrogen-bond acceptors (Lipinski definition) is 5. The van der Waals surface area contributed by atoms with Crippen molar-refractivity contribution < 1.29 is 14.3 Å². The van der Waals surface area contributed by atoms with Gasteiger partial charge < -0.3 is 14.0 Å². The van der Waals surface area contributed by atoms with Gasteiger partial charge in [0.15, 0.2) is 0 Å². The molecule has 23 heavy (non-hydrogen) atoms. The normalized spacial score (nSPS) is 18.0. The summed E-state index contributed by atoms with van der Waals surface area (Å²) in [6.07, 6.45) is 6.24. The molecule has 130 valence electrons. The van der Waals surface area contributed by atoms with Gasteiger partial charge in [0, 0.05) is 32.7 Å². The quantitative estimate of drug-likeness (QED) is 0.686. The molecule has 2 rings (SSSR count). The van der Waals surface area contributed by atoms with E-state index in [2.05, 4.69) is 21.4 Å². The molecule has 1 aromatic rings. The summed E-state index contributed by atoms with van der Waals surface area (Å²) < 4.78 is 12.7. The molecule has 1 aliphatic heterocycles. The molecule has 0 aliphatic carbocycles. The van der Waals surface area contributed by atoms with E-state index < -0.39 is 0 Å². The highest BCUT2D eigenvalue weighted by Gasteiger charge is 2.42. The number of aryl methyl sites for hydroxylation is 1. The van der Waals surface area contributed by atoms with Gasteiger partial charge in [-0.1, -0.05) is 0 Å². The van der Waals surface area contributed by atoms with Crippen LogP contribution in [0.2, 0.25) is 0 Å². The molecule has 0 atom stereocenters. The lowest BCUT2D eigenvalue weighted by atomic mass is 9.76. The molecule has 0 aromatic carbocycles. The van der Waals surface area contributed by atoms with Gasteiger partial charge in [0.05, 0.1) is 18.6 Å². The van der Waals surface area contributed by atoms with Crippen LogP contribution in [0.4, 0.5) is 0 Å². The highest BCUT2D eigenvalue weighted by Crippen LogP contribution is 2.37. The predicted molar refractivity (Wildman–Crippen MR) is 88.0 cm³/mol. The largest absolute Gasteiger partial charge is 0.466 e. The molecule has 6 heteroatoms. The Hall–Kier alpha value is -1.40. The SMILES string of the molecule is CCOC(=O)C1(CCOC)CCN(Cc2nccn2CC)CC1. The summed E-state index contributed by atoms with van der Waals surface area (Å²) in [6.45, 7) is 8.57. The molecule has 0 saturated carbocycles. The van der Waals surface area contributed by atoms with Crippen LogP contribution in [-0.4, -0.2) is 53.8 Å². The summed E-state index contributed by atoms with van der Waals surface area (Å²) in [5.74, 6) is 1.03. The van der Waals surface area contributed by atoms with Crippen molar-refractivity contribution in [2.24, 2.45) is 5.41 Å². The average Bonchev–Trinajstić information content (AvgIpc) is 3.02. The first kappa shape index (κ1) is 17.9. The number of rotatable bonds is 8. The van der Waals surface area contributed by atoms with Gasteiger partial charge in [-0.05, 0) is 46.2 Å². The summed E-state index contributed by atoms with van der Waals surface area (Å²) in [7, 11) is 1.68. The summed E-state index contributed by atoms with van der Waals surface area (Å²) >= 11 is 0. The third-order valence-electron chi connectivity index (χ3n) is 4.81. The van der Waals surface area contributed by atoms with Crippen LogP contribution in [0.3, 0.4) is 0 Å². The maximum atomic E-state index is 12.4. The van der Waals surface area contributed by atoms with Crippen molar-refractivity contribution in [2.75, 3.05) is 33.4 Å². The lowest BCUT2D eigenvalue weighted by molar-refractivity contribution is -0.160. The summed E-state index contributed by atoms with van der Waals surface area (Å²) in [4.78, 5) is 19.3. The first-order chi connectivity index (χ1) is 11.1. The number of carbonyl (C=O) groups is 1. The second kappa shape index (κ2) is 8.45. The van der Waals surface area contributed by atoms with Crippen molar-refractivity contribution >= 4 is 5.97 Å². The maximum absolute atomic E-state index is 12.4. The van der Waals surface area contributed by atoms with Gasteiger partial charge in [-0.3, -0.25) is 9.69 Å². The van der Waals surface area contributed by atoms with Crippen LogP contribution < -0.4 is 0 Å². The molecule has 2 heterocycles. The highest BCUT2D eigenvalue weighted by molar-refractivity contribution is 5.77. The number of methoxy groups -OCH3 is 1. The van der Waals surface area contributed by atoms with Crippen LogP contribution in [0.5, 0.6) is 0 Å². The highest BCUT2D eigenvalue weighted by atomic mass is 16.5. The molecule has 0 bridgehead atoms. The number of likely N-dealkylation sites (tertiary alicyclic amines) is 1. The minimum atomic E-state index is -0.386. The minimum absolute atomic E-state index is 0.0632. The van der Waals surface area contributed by atoms with E-state index in [9.17, 15) is 4.79 Å². The van der Waals surface area contributed by atoms with Gasteiger partial charge in [-0.15, -0.1) is 0 Å². The zero-order valence-corrected chi connectivity index (χ0v) is 14.6. The van der Waals surface area contributed by atoms with E-state index in [1.807, 2.05) is 19.3 Å². The van der Waals surface area contributed by atoms with Gasteiger partial charge in [-0.2, -0.15) is 0 Å². The third-order valence-corrected chi connectivity index (χ3v) is 4.81. The van der Waals surface area contributed by atoms with Crippen molar-refractivity contribution in [1.29, 1.82) is 0 Å². The Labute approximate surface area is 138 Å². The van der Waals surface area contributed by atoms with Gasteiger partial charge in [0.1, 0.15) is 5.82 Å². The summed E-state index contributed by atoms with van der Waals surface area (Å²) in [5.41, 5.74) is -0.386. The monoisotopic (exact) mass is 323 g/mol. The Kier molecular flexibility index (Phi) is 6.59. The number of nitrogens with zero attached hydrogens (tertiary/aromatic N) is 3. The maximum Gasteiger partial charge on any atom is 0.312 e. The Morgan fingerprint density at radius 3 is 2.70 bits per heavy atom. The van der Waals surface area contributed by atoms with Crippen LogP contribution in [-0.2, 0) is 27.4 Å². The molecule has 0 unspecified atom stereocenters. The topological polar surface area (TPSA) is 56.6 Å². The summed E-state index contributed by atoms with van der Waals surface area (Å²) in [6, 6.07) is 0. The molecule has 1 fully saturated rings. The molecule has 0 radical (unpaired) electrons. The minimum Gasteiger partial charge on any atom is -0.466 e. The van der Waals surface area contributed by atoms with Crippen LogP contribution in [0, 0.1) is 5.41 Å². The van der Waals surface area contributed by atoms with Crippen molar-refractivity contribution in [3.63, 3.8) is 0 Å². The number of hydrogen-bond donors (Lipinski definition) is 0. The molecule has 0 amide bonds. The fraction of sp³-hybridized carbons (Fsp3) is 0.765. The Morgan fingerprint density at radius 2 is 2.09 bits per heavy atom. The first-order valence-corrected chi connectivity index (χ1v) is 8.53. The van der Waals surface area contributed by atoms with Gasteiger partial charge in [-0.25, -0.2) is 4.98 Å². The van der Waals surface area contributed by atoms with Crippen molar-refractivity contribution in [3.8, 4) is 0 Å². The molecule has 0 N–H and O–H groups in total. The molecule has 6 nitrogen and oxygen atoms in total. The van der Waals surface area contributed by atoms with Gasteiger partial charge >= 0.3 is 5.97 Å². The fourth-order valence-electron chi connectivity index (χ4n) is 3.26. The van der Waals surface area contributed by atoms with E-state index in [0.29, 0.717) is 13.2 Å². The molecule has 1 saturated heterocycles. The van der Waals surface area contributed by atoms with E-state index in [-0.39, 0.29) is 11.4 Å². The van der Waals surface area contributed by atoms with E-state index >= 15 is 0 Å². The Bertz CT molecular complexity index is 493. The summed E-state index contributed by atoms with van der Waals surface area (Å²) in [5, 5.41) is 0. The van der Waals surface area contributed by atoms with Gasteiger partial charge in [0.25, 0.3) is 0 Å². The Morgan fingerprint density at radius 1 is 1.35 bits per heavy atom. The van der Waals surface area contributed by atoms with Gasteiger partial charge in [0.2, 0.25) is 0 Å². The predicted octanol–water partition coefficient (Wildman–Crippen LogP) is 2.08. The molecule has 0 spiro atoms. The number of esters is 1. The van der Waals surface area contributed by atoms with E-state index in [0.717, 1.165) is 51.3 Å². The number of ether oxygens (including phenoxy) is 2. The standard InChI is InChI=1S/C17H29N3O3/c1-4-20-12-9-18-15(20)14-19-10-6-17(7-11-19,8-13-22-3)16(21)23-5-2/h9,12H,4-8,10-11,13-14H2,1-3H3. The second-order valence-corrected chi connectivity index (χ2v) is 6.15. The number of piperidine rings is 1. The lowest BCUT2D eigenvalue weighted by Crippen LogP contribution is -2.45. The molecular formula is C17H29N3O3. The van der Waals surface area contributed by atoms with Crippen LogP contribution in [0.15, 0.2) is 12.4 Å². The van der Waals surface area contributed by atoms with E-state index in [4.69, 9.17) is 9.47 Å². The smallest absolute Gasteiger partial charge is 0.312 e. The van der Waals surface area contributed by atoms with Crippen LogP contribution in [0.1, 0.15) is 38.9 Å². The van der Waals surface area contributed by atoms with Crippen molar-refractivity contribution in [1.82, 2.24) is 14.5 Å². The Balaban J connectivity index is 1.97. The van der Waals surface area contributed by atoms with E-state index in [1.54, 1.807) is 7.11 Å². The average molecular weight is 323 g/mol. The first-order valence-electron chi connectivity index (χ1n) is 8.53. The fourth-order valence-corrected chi connectivity index (χ4v) is 3.26. The third kappa shape index (κ3) is 4.32. The molecular weight excluding hydrogens is 294 g/mol.